The second-order valence-electron chi connectivity index (χ2n) is 13.6. The lowest BCUT2D eigenvalue weighted by atomic mass is 10.1. The number of alkyl halides is 3. The molecule has 62 heavy (non-hydrogen) atoms. The molecule has 316 valence electrons. The highest BCUT2D eigenvalue weighted by Gasteiger charge is 2.17. The molecule has 8 aromatic rings. The Morgan fingerprint density at radius 2 is 0.968 bits per heavy atom. The van der Waals surface area contributed by atoms with Crippen molar-refractivity contribution in [3.8, 4) is 22.5 Å². The molecule has 0 aliphatic carbocycles. The first-order chi connectivity index (χ1) is 29.8. The van der Waals surface area contributed by atoms with Crippen LogP contribution in [-0.4, -0.2) is 36.8 Å². The Hall–Kier alpha value is -4.75. The number of carbonyl (C=O) groups is 2. The highest BCUT2D eigenvalue weighted by Crippen LogP contribution is 2.32. The summed E-state index contributed by atoms with van der Waals surface area (Å²) in [6.45, 7) is 6.02. The molecule has 0 spiro atoms. The maximum Gasteiger partial charge on any atom is 0.230 e. The lowest BCUT2D eigenvalue weighted by Gasteiger charge is -2.10. The van der Waals surface area contributed by atoms with E-state index in [4.69, 9.17) is 66.2 Å². The Labute approximate surface area is 400 Å². The fourth-order valence-electron chi connectivity index (χ4n) is 5.99. The molecule has 0 atom stereocenters. The molecule has 2 aromatic heterocycles. The van der Waals surface area contributed by atoms with E-state index in [-0.39, 0.29) is 10.9 Å². The lowest BCUT2D eigenvalue weighted by Crippen LogP contribution is -2.15. The van der Waals surface area contributed by atoms with Crippen molar-refractivity contribution >= 4 is 128 Å². The number of nitrogens with zero attached hydrogens (tertiary/aromatic N) is 4. The summed E-state index contributed by atoms with van der Waals surface area (Å²) in [6, 6.07) is 39.6. The first kappa shape index (κ1) is 48.3. The molecule has 0 aliphatic heterocycles. The molecule has 6 aromatic carbocycles. The minimum Gasteiger partial charge on any atom is -0.397 e. The molecule has 0 saturated carbocycles. The Morgan fingerprint density at radius 1 is 0.516 bits per heavy atom. The van der Waals surface area contributed by atoms with Gasteiger partial charge in [0, 0.05) is 27.4 Å². The molecule has 0 amide bonds. The molecule has 8 rings (SSSR count). The van der Waals surface area contributed by atoms with Gasteiger partial charge in [0.25, 0.3) is 0 Å². The monoisotopic (exact) mass is 1070 g/mol. The summed E-state index contributed by atoms with van der Waals surface area (Å²) < 4.78 is 0. The Kier molecular flexibility index (Phi) is 18.0. The van der Waals surface area contributed by atoms with Gasteiger partial charge < -0.3 is 11.5 Å². The van der Waals surface area contributed by atoms with Crippen LogP contribution in [0.25, 0.3) is 44.6 Å². The van der Waals surface area contributed by atoms with Crippen LogP contribution in [0, 0.1) is 20.8 Å². The predicted molar refractivity (Wildman–Crippen MR) is 269 cm³/mol. The fraction of sp³-hybridized carbons (Fsp3) is 0.125. The summed E-state index contributed by atoms with van der Waals surface area (Å²) >= 11 is 28.2. The second-order valence-corrected chi connectivity index (χ2v) is 16.5. The van der Waals surface area contributed by atoms with Crippen LogP contribution in [0.1, 0.15) is 38.4 Å². The molecule has 0 radical (unpaired) electrons. The summed E-state index contributed by atoms with van der Waals surface area (Å²) in [6.07, 6.45) is 0. The number of anilines is 2. The summed E-state index contributed by atoms with van der Waals surface area (Å²) in [5.74, 6) is -1.05. The van der Waals surface area contributed by atoms with E-state index in [0.29, 0.717) is 37.1 Å². The van der Waals surface area contributed by atoms with Gasteiger partial charge in [-0.25, -0.2) is 19.9 Å². The third kappa shape index (κ3) is 12.0. The first-order valence-corrected chi connectivity index (χ1v) is 23.4. The third-order valence-corrected chi connectivity index (χ3v) is 11.9. The number of para-hydroxylation sites is 3. The Morgan fingerprint density at radius 3 is 1.47 bits per heavy atom. The molecule has 4 N–H and O–H groups in total. The molecular formula is C48H40Br3Cl3N6O2. The van der Waals surface area contributed by atoms with E-state index in [2.05, 4.69) is 47.8 Å². The number of rotatable bonds is 7. The van der Waals surface area contributed by atoms with Gasteiger partial charge in [0.1, 0.15) is 0 Å². The third-order valence-electron chi connectivity index (χ3n) is 9.30. The zero-order valence-electron chi connectivity index (χ0n) is 33.8. The summed E-state index contributed by atoms with van der Waals surface area (Å²) in [4.78, 5) is 41.3. The number of hydrogen-bond acceptors (Lipinski definition) is 8. The smallest absolute Gasteiger partial charge is 0.230 e. The number of ketones is 2. The normalized spacial score (nSPS) is 10.5. The van der Waals surface area contributed by atoms with E-state index in [1.807, 2.05) is 118 Å². The molecule has 2 heterocycles. The van der Waals surface area contributed by atoms with Crippen molar-refractivity contribution in [1.29, 1.82) is 0 Å². The first-order valence-electron chi connectivity index (χ1n) is 18.9. The number of halogens is 6. The number of fused-ring (bicyclic) bond motifs is 2. The van der Waals surface area contributed by atoms with Gasteiger partial charge in [-0.2, -0.15) is 0 Å². The largest absolute Gasteiger partial charge is 0.397 e. The maximum absolute atomic E-state index is 11.3. The molecule has 0 bridgehead atoms. The van der Waals surface area contributed by atoms with Crippen LogP contribution in [0.15, 0.2) is 127 Å². The number of aromatic nitrogens is 4. The zero-order valence-corrected chi connectivity index (χ0v) is 40.8. The van der Waals surface area contributed by atoms with Crippen LogP contribution in [0.3, 0.4) is 0 Å². The number of carbonyl (C=O) groups excluding carboxylic acids is 2. The molecule has 8 nitrogen and oxygen atoms in total. The van der Waals surface area contributed by atoms with Gasteiger partial charge in [-0.1, -0.05) is 168 Å². The van der Waals surface area contributed by atoms with Crippen molar-refractivity contribution in [3.05, 3.63) is 176 Å². The summed E-state index contributed by atoms with van der Waals surface area (Å²) in [5, 5.41) is 3.00. The van der Waals surface area contributed by atoms with Gasteiger partial charge in [-0.15, -0.1) is 0 Å². The Bertz CT molecular complexity index is 2860. The predicted octanol–water partition coefficient (Wildman–Crippen LogP) is 14.0. The number of nitrogens with two attached hydrogens (primary N) is 2. The zero-order chi connectivity index (χ0) is 44.9. The molecule has 0 unspecified atom stereocenters. The van der Waals surface area contributed by atoms with Gasteiger partial charge in [0.05, 0.1) is 76.6 Å². The lowest BCUT2D eigenvalue weighted by molar-refractivity contribution is -0.112. The van der Waals surface area contributed by atoms with Crippen molar-refractivity contribution < 1.29 is 9.59 Å². The molecule has 0 fully saturated rings. The SMILES string of the molecule is Cc1cccc(N)c1N.Cc1cccc2nc(-c3ccccc3Cl)c(CBr)nc12.Cc1cccc2nc(CBr)c(-c3ccccc3Cl)nc12.O=C(CBr)C(=O)c1ccccc1Cl. The van der Waals surface area contributed by atoms with Crippen LogP contribution < -0.4 is 11.5 Å². The highest BCUT2D eigenvalue weighted by molar-refractivity contribution is 9.09. The van der Waals surface area contributed by atoms with E-state index >= 15 is 0 Å². The van der Waals surface area contributed by atoms with Crippen molar-refractivity contribution in [1.82, 2.24) is 19.9 Å². The Balaban J connectivity index is 0.000000163. The van der Waals surface area contributed by atoms with Crippen LogP contribution in [-0.2, 0) is 15.5 Å². The second kappa shape index (κ2) is 23.1. The molecule has 0 aliphatic rings. The van der Waals surface area contributed by atoms with Crippen molar-refractivity contribution in [2.75, 3.05) is 16.8 Å². The average Bonchev–Trinajstić information content (AvgIpc) is 3.28. The number of nitrogen functional groups attached to an aromatic ring is 2. The van der Waals surface area contributed by atoms with E-state index in [0.717, 1.165) is 72.7 Å². The van der Waals surface area contributed by atoms with Gasteiger partial charge in [0.2, 0.25) is 11.6 Å². The van der Waals surface area contributed by atoms with Gasteiger partial charge in [-0.05, 0) is 79.9 Å². The van der Waals surface area contributed by atoms with Gasteiger partial charge in [0.15, 0.2) is 0 Å². The van der Waals surface area contributed by atoms with E-state index in [1.54, 1.807) is 24.3 Å². The average molecular weight is 1080 g/mol. The van der Waals surface area contributed by atoms with Crippen LogP contribution in [0.5, 0.6) is 0 Å². The molecule has 0 saturated heterocycles. The van der Waals surface area contributed by atoms with Crippen LogP contribution >= 0.6 is 82.6 Å². The highest BCUT2D eigenvalue weighted by atomic mass is 79.9. The fourth-order valence-corrected chi connectivity index (χ4v) is 7.70. The standard InChI is InChI=1S/2C16H12BrClN2.C9H6BrClO2.C7H10N2/c1-10-5-4-8-13-15(10)20-14(9-17)16(19-13)11-6-2-3-7-12(11)18;1-10-5-4-8-13-15(10)20-16(14(9-17)19-13)11-6-2-3-7-12(11)18;10-5-8(12)9(13)6-3-1-2-4-7(6)11;1-5-3-2-4-6(8)7(5)9/h2*2-8H,9H2,1H3;1-4H,5H2;2-4H,8-9H2,1H3. The molecule has 14 heteroatoms. The number of benzene rings is 6. The molecular weight excluding hydrogens is 1040 g/mol. The van der Waals surface area contributed by atoms with Crippen molar-refractivity contribution in [2.24, 2.45) is 0 Å². The van der Waals surface area contributed by atoms with Crippen molar-refractivity contribution in [3.63, 3.8) is 0 Å². The van der Waals surface area contributed by atoms with Crippen LogP contribution in [0.4, 0.5) is 11.4 Å². The van der Waals surface area contributed by atoms with Gasteiger partial charge >= 0.3 is 0 Å². The van der Waals surface area contributed by atoms with E-state index in [9.17, 15) is 9.59 Å². The summed E-state index contributed by atoms with van der Waals surface area (Å²) in [5.41, 5.74) is 24.9. The topological polar surface area (TPSA) is 138 Å². The summed E-state index contributed by atoms with van der Waals surface area (Å²) in [7, 11) is 0. The van der Waals surface area contributed by atoms with Crippen molar-refractivity contribution in [2.45, 2.75) is 31.4 Å². The van der Waals surface area contributed by atoms with E-state index < -0.39 is 11.6 Å². The minimum absolute atomic E-state index is 0.0249. The number of hydrogen-bond donors (Lipinski definition) is 2. The number of aryl methyl sites for hydroxylation is 3. The number of Topliss-reactive ketones (excluding diaryl/α,β-unsaturated/α-hetero) is 2. The van der Waals surface area contributed by atoms with E-state index in [1.165, 1.54) is 6.07 Å². The van der Waals surface area contributed by atoms with Crippen LogP contribution in [0.2, 0.25) is 15.1 Å². The quantitative estimate of drug-likeness (QED) is 0.0697. The maximum atomic E-state index is 11.3. The minimum atomic E-state index is -0.553. The van der Waals surface area contributed by atoms with Gasteiger partial charge in [-0.3, -0.25) is 9.59 Å².